The molecule has 0 bridgehead atoms. The summed E-state index contributed by atoms with van der Waals surface area (Å²) in [7, 11) is 0. The second kappa shape index (κ2) is 8.56. The molecule has 1 N–H and O–H groups in total. The molecule has 94 valence electrons. The number of esters is 1. The zero-order chi connectivity index (χ0) is 12.3. The maximum atomic E-state index is 10.7. The molecule has 1 heterocycles. The second-order valence-corrected chi connectivity index (χ2v) is 3.93. The fourth-order valence-electron chi connectivity index (χ4n) is 1.59. The summed E-state index contributed by atoms with van der Waals surface area (Å²) in [6.07, 6.45) is 11.4. The van der Waals surface area contributed by atoms with Crippen molar-refractivity contribution in [2.75, 3.05) is 6.61 Å². The van der Waals surface area contributed by atoms with Crippen molar-refractivity contribution >= 4 is 5.97 Å². The van der Waals surface area contributed by atoms with Crippen LogP contribution in [0, 0.1) is 0 Å². The number of aromatic nitrogens is 2. The molecule has 0 aromatic carbocycles. The van der Waals surface area contributed by atoms with Gasteiger partial charge < -0.3 is 9.72 Å². The van der Waals surface area contributed by atoms with Crippen LogP contribution in [0.1, 0.15) is 37.9 Å². The standard InChI is InChI=1S/C13H20N2O2/c1-2-13(16)17-11-7-5-3-4-6-8-12-14-9-10-15-12/h2,9-10H,1,3-8,11H2,(H,14,15). The summed E-state index contributed by atoms with van der Waals surface area (Å²) in [4.78, 5) is 18.0. The van der Waals surface area contributed by atoms with Crippen molar-refractivity contribution < 1.29 is 9.53 Å². The molecule has 0 aliphatic rings. The first-order valence-electron chi connectivity index (χ1n) is 6.10. The average Bonchev–Trinajstić information content (AvgIpc) is 2.85. The molecule has 0 unspecified atom stereocenters. The van der Waals surface area contributed by atoms with E-state index < -0.39 is 0 Å². The van der Waals surface area contributed by atoms with Gasteiger partial charge in [0.25, 0.3) is 0 Å². The highest BCUT2D eigenvalue weighted by molar-refractivity contribution is 5.81. The molecule has 4 nitrogen and oxygen atoms in total. The molecule has 17 heavy (non-hydrogen) atoms. The monoisotopic (exact) mass is 236 g/mol. The van der Waals surface area contributed by atoms with Crippen molar-refractivity contribution in [3.05, 3.63) is 30.9 Å². The Bertz CT molecular complexity index is 320. The van der Waals surface area contributed by atoms with Gasteiger partial charge in [0.15, 0.2) is 0 Å². The number of carbonyl (C=O) groups excluding carboxylic acids is 1. The molecule has 0 saturated carbocycles. The number of imidazole rings is 1. The number of hydrogen-bond donors (Lipinski definition) is 1. The van der Waals surface area contributed by atoms with Crippen molar-refractivity contribution in [3.8, 4) is 0 Å². The number of nitrogens with zero attached hydrogens (tertiary/aromatic N) is 1. The van der Waals surface area contributed by atoms with Gasteiger partial charge in [-0.15, -0.1) is 0 Å². The third kappa shape index (κ3) is 6.56. The van der Waals surface area contributed by atoms with Gasteiger partial charge in [-0.2, -0.15) is 0 Å². The summed E-state index contributed by atoms with van der Waals surface area (Å²) in [6.45, 7) is 3.84. The molecule has 0 amide bonds. The van der Waals surface area contributed by atoms with E-state index in [0.29, 0.717) is 6.61 Å². The fourth-order valence-corrected chi connectivity index (χ4v) is 1.59. The molecule has 1 rings (SSSR count). The van der Waals surface area contributed by atoms with Crippen LogP contribution in [-0.2, 0) is 16.0 Å². The van der Waals surface area contributed by atoms with Gasteiger partial charge in [0.1, 0.15) is 5.82 Å². The van der Waals surface area contributed by atoms with E-state index in [1.54, 1.807) is 6.20 Å². The van der Waals surface area contributed by atoms with Gasteiger partial charge in [0, 0.05) is 24.9 Å². The van der Waals surface area contributed by atoms with Gasteiger partial charge >= 0.3 is 5.97 Å². The number of aryl methyl sites for hydroxylation is 1. The molecule has 1 aromatic rings. The summed E-state index contributed by atoms with van der Waals surface area (Å²) < 4.78 is 4.88. The SMILES string of the molecule is C=CC(=O)OCCCCCCCc1ncc[nH]1. The van der Waals surface area contributed by atoms with Gasteiger partial charge in [-0.1, -0.05) is 25.8 Å². The Labute approximate surface area is 102 Å². The van der Waals surface area contributed by atoms with Crippen molar-refractivity contribution in [3.63, 3.8) is 0 Å². The number of nitrogens with one attached hydrogen (secondary N) is 1. The molecule has 0 aliphatic carbocycles. The summed E-state index contributed by atoms with van der Waals surface area (Å²) in [5.74, 6) is 0.729. The maximum absolute atomic E-state index is 10.7. The Morgan fingerprint density at radius 2 is 2.12 bits per heavy atom. The lowest BCUT2D eigenvalue weighted by Gasteiger charge is -2.02. The van der Waals surface area contributed by atoms with Gasteiger partial charge in [0.2, 0.25) is 0 Å². The summed E-state index contributed by atoms with van der Waals surface area (Å²) in [5, 5.41) is 0. The predicted molar refractivity (Wildman–Crippen MR) is 66.5 cm³/mol. The van der Waals surface area contributed by atoms with E-state index >= 15 is 0 Å². The minimum atomic E-state index is -0.331. The van der Waals surface area contributed by atoms with E-state index in [-0.39, 0.29) is 5.97 Å². The third-order valence-electron chi connectivity index (χ3n) is 2.52. The number of H-pyrrole nitrogens is 1. The second-order valence-electron chi connectivity index (χ2n) is 3.93. The first kappa shape index (κ1) is 13.5. The number of carbonyl (C=O) groups is 1. The maximum Gasteiger partial charge on any atom is 0.330 e. The average molecular weight is 236 g/mol. The Morgan fingerprint density at radius 1 is 1.35 bits per heavy atom. The van der Waals surface area contributed by atoms with Gasteiger partial charge in [-0.3, -0.25) is 0 Å². The molecule has 0 aliphatic heterocycles. The minimum Gasteiger partial charge on any atom is -0.463 e. The van der Waals surface area contributed by atoms with E-state index in [0.717, 1.165) is 31.5 Å². The van der Waals surface area contributed by atoms with E-state index in [9.17, 15) is 4.79 Å². The zero-order valence-corrected chi connectivity index (χ0v) is 10.2. The van der Waals surface area contributed by atoms with Crippen LogP contribution in [0.2, 0.25) is 0 Å². The lowest BCUT2D eigenvalue weighted by Crippen LogP contribution is -2.01. The first-order chi connectivity index (χ1) is 8.33. The van der Waals surface area contributed by atoms with Crippen molar-refractivity contribution in [1.82, 2.24) is 9.97 Å². The molecule has 0 radical (unpaired) electrons. The van der Waals surface area contributed by atoms with Crippen molar-refractivity contribution in [1.29, 1.82) is 0 Å². The van der Waals surface area contributed by atoms with Gasteiger partial charge in [-0.25, -0.2) is 9.78 Å². The smallest absolute Gasteiger partial charge is 0.330 e. The molecular formula is C13H20N2O2. The summed E-state index contributed by atoms with van der Waals surface area (Å²) >= 11 is 0. The van der Waals surface area contributed by atoms with Crippen LogP contribution in [0.15, 0.2) is 25.0 Å². The molecule has 0 atom stereocenters. The van der Waals surface area contributed by atoms with Crippen LogP contribution in [0.25, 0.3) is 0 Å². The van der Waals surface area contributed by atoms with Crippen LogP contribution < -0.4 is 0 Å². The highest BCUT2D eigenvalue weighted by atomic mass is 16.5. The number of unbranched alkanes of at least 4 members (excludes halogenated alkanes) is 4. The van der Waals surface area contributed by atoms with Crippen LogP contribution in [0.5, 0.6) is 0 Å². The number of ether oxygens (including phenoxy) is 1. The zero-order valence-electron chi connectivity index (χ0n) is 10.2. The molecule has 0 saturated heterocycles. The van der Waals surface area contributed by atoms with Crippen LogP contribution in [-0.4, -0.2) is 22.5 Å². The third-order valence-corrected chi connectivity index (χ3v) is 2.52. The molecule has 4 heteroatoms. The lowest BCUT2D eigenvalue weighted by molar-refractivity contribution is -0.137. The molecule has 0 fully saturated rings. The molecule has 0 spiro atoms. The minimum absolute atomic E-state index is 0.331. The fraction of sp³-hybridized carbons (Fsp3) is 0.538. The van der Waals surface area contributed by atoms with Crippen LogP contribution in [0.4, 0.5) is 0 Å². The van der Waals surface area contributed by atoms with Gasteiger partial charge in [-0.05, 0) is 12.8 Å². The topological polar surface area (TPSA) is 55.0 Å². The van der Waals surface area contributed by atoms with E-state index in [1.165, 1.54) is 18.9 Å². The highest BCUT2D eigenvalue weighted by Gasteiger charge is 1.97. The summed E-state index contributed by atoms with van der Waals surface area (Å²) in [6, 6.07) is 0. The Hall–Kier alpha value is -1.58. The Morgan fingerprint density at radius 3 is 2.82 bits per heavy atom. The number of aromatic amines is 1. The predicted octanol–water partition coefficient (Wildman–Crippen LogP) is 2.63. The number of rotatable bonds is 9. The van der Waals surface area contributed by atoms with Crippen LogP contribution in [0.3, 0.4) is 0 Å². The Kier molecular flexibility index (Phi) is 6.79. The van der Waals surface area contributed by atoms with E-state index in [2.05, 4.69) is 16.5 Å². The Balaban J connectivity index is 1.85. The number of hydrogen-bond acceptors (Lipinski definition) is 3. The van der Waals surface area contributed by atoms with E-state index in [1.807, 2.05) is 6.20 Å². The normalized spacial score (nSPS) is 10.1. The summed E-state index contributed by atoms with van der Waals surface area (Å²) in [5.41, 5.74) is 0. The first-order valence-corrected chi connectivity index (χ1v) is 6.10. The quantitative estimate of drug-likeness (QED) is 0.407. The highest BCUT2D eigenvalue weighted by Crippen LogP contribution is 2.06. The van der Waals surface area contributed by atoms with Crippen LogP contribution >= 0.6 is 0 Å². The van der Waals surface area contributed by atoms with Crippen molar-refractivity contribution in [2.24, 2.45) is 0 Å². The van der Waals surface area contributed by atoms with E-state index in [4.69, 9.17) is 4.74 Å². The van der Waals surface area contributed by atoms with Gasteiger partial charge in [0.05, 0.1) is 6.61 Å². The molecule has 1 aromatic heterocycles. The largest absolute Gasteiger partial charge is 0.463 e. The molecular weight excluding hydrogens is 216 g/mol. The van der Waals surface area contributed by atoms with Crippen molar-refractivity contribution in [2.45, 2.75) is 38.5 Å². The lowest BCUT2D eigenvalue weighted by atomic mass is 10.1.